The number of anilines is 1. The Bertz CT molecular complexity index is 658. The Morgan fingerprint density at radius 2 is 2.00 bits per heavy atom. The van der Waals surface area contributed by atoms with Crippen LogP contribution in [-0.2, 0) is 10.0 Å². The largest absolute Gasteiger partial charge is 0.273 e. The van der Waals surface area contributed by atoms with Gasteiger partial charge in [-0.15, -0.1) is 11.3 Å². The van der Waals surface area contributed by atoms with Gasteiger partial charge in [0.2, 0.25) is 5.95 Å². The van der Waals surface area contributed by atoms with E-state index in [4.69, 9.17) is 5.26 Å². The number of aromatic nitrogens is 2. The molecule has 2 rings (SSSR count). The van der Waals surface area contributed by atoms with Crippen LogP contribution in [0.1, 0.15) is 4.88 Å². The Balaban J connectivity index is 2.29. The third kappa shape index (κ3) is 2.58. The standard InChI is InChI=1S/C9H6N4O2S2/c10-6-7-2-3-8(16-7)17(14,15)13-9-11-4-1-5-12-9/h1-5H,(H,11,12,13). The fourth-order valence-electron chi connectivity index (χ4n) is 1.05. The molecule has 0 fully saturated rings. The van der Waals surface area contributed by atoms with E-state index in [1.165, 1.54) is 24.5 Å². The first-order chi connectivity index (χ1) is 8.12. The van der Waals surface area contributed by atoms with Crippen molar-refractivity contribution in [1.82, 2.24) is 9.97 Å². The Morgan fingerprint density at radius 3 is 2.59 bits per heavy atom. The average molecular weight is 266 g/mol. The van der Waals surface area contributed by atoms with E-state index in [1.807, 2.05) is 6.07 Å². The number of nitriles is 1. The van der Waals surface area contributed by atoms with Crippen molar-refractivity contribution >= 4 is 27.3 Å². The minimum absolute atomic E-state index is 0.000548. The van der Waals surface area contributed by atoms with Gasteiger partial charge in [0.25, 0.3) is 10.0 Å². The van der Waals surface area contributed by atoms with Gasteiger partial charge in [0, 0.05) is 12.4 Å². The van der Waals surface area contributed by atoms with Crippen molar-refractivity contribution < 1.29 is 8.42 Å². The monoisotopic (exact) mass is 266 g/mol. The molecule has 0 aliphatic heterocycles. The van der Waals surface area contributed by atoms with Crippen LogP contribution in [0.3, 0.4) is 0 Å². The van der Waals surface area contributed by atoms with E-state index in [9.17, 15) is 8.42 Å². The van der Waals surface area contributed by atoms with Crippen molar-refractivity contribution in [3.8, 4) is 6.07 Å². The Hall–Kier alpha value is -1.98. The van der Waals surface area contributed by atoms with E-state index < -0.39 is 10.0 Å². The number of sulfonamides is 1. The number of thiophene rings is 1. The van der Waals surface area contributed by atoms with Crippen LogP contribution in [0.2, 0.25) is 0 Å². The maximum absolute atomic E-state index is 11.8. The maximum atomic E-state index is 11.8. The molecule has 0 saturated heterocycles. The average Bonchev–Trinajstić information content (AvgIpc) is 2.79. The minimum Gasteiger partial charge on any atom is -0.247 e. The van der Waals surface area contributed by atoms with E-state index in [0.717, 1.165) is 11.3 Å². The fraction of sp³-hybridized carbons (Fsp3) is 0. The van der Waals surface area contributed by atoms with Crippen LogP contribution in [0.15, 0.2) is 34.8 Å². The van der Waals surface area contributed by atoms with Crippen LogP contribution >= 0.6 is 11.3 Å². The molecule has 86 valence electrons. The second-order valence-corrected chi connectivity index (χ2v) is 5.90. The van der Waals surface area contributed by atoms with E-state index in [0.29, 0.717) is 4.88 Å². The molecule has 2 aromatic rings. The quantitative estimate of drug-likeness (QED) is 0.900. The highest BCUT2D eigenvalue weighted by atomic mass is 32.2. The predicted octanol–water partition coefficient (Wildman–Crippen LogP) is 1.21. The van der Waals surface area contributed by atoms with Gasteiger partial charge in [0.15, 0.2) is 0 Å². The van der Waals surface area contributed by atoms with Crippen LogP contribution in [-0.4, -0.2) is 18.4 Å². The van der Waals surface area contributed by atoms with Crippen LogP contribution in [0.4, 0.5) is 5.95 Å². The smallest absolute Gasteiger partial charge is 0.247 e. The number of hydrogen-bond acceptors (Lipinski definition) is 6. The summed E-state index contributed by atoms with van der Waals surface area (Å²) in [5.41, 5.74) is 0. The first kappa shape index (κ1) is 11.5. The number of nitrogens with zero attached hydrogens (tertiary/aromatic N) is 3. The molecule has 2 aromatic heterocycles. The second kappa shape index (κ2) is 4.48. The molecule has 1 N–H and O–H groups in total. The van der Waals surface area contributed by atoms with Gasteiger partial charge < -0.3 is 0 Å². The molecule has 17 heavy (non-hydrogen) atoms. The lowest BCUT2D eigenvalue weighted by molar-refractivity contribution is 0.602. The first-order valence-electron chi connectivity index (χ1n) is 4.41. The zero-order chi connectivity index (χ0) is 12.3. The summed E-state index contributed by atoms with van der Waals surface area (Å²) in [6.07, 6.45) is 2.86. The van der Waals surface area contributed by atoms with Gasteiger partial charge in [-0.1, -0.05) is 0 Å². The molecule has 0 atom stereocenters. The van der Waals surface area contributed by atoms with E-state index in [-0.39, 0.29) is 10.2 Å². The highest BCUT2D eigenvalue weighted by Gasteiger charge is 2.17. The number of hydrogen-bond donors (Lipinski definition) is 1. The molecule has 0 amide bonds. The van der Waals surface area contributed by atoms with Crippen molar-refractivity contribution in [2.45, 2.75) is 4.21 Å². The van der Waals surface area contributed by atoms with Crippen molar-refractivity contribution in [2.75, 3.05) is 4.72 Å². The topological polar surface area (TPSA) is 95.7 Å². The van der Waals surface area contributed by atoms with Crippen LogP contribution < -0.4 is 4.72 Å². The molecule has 0 spiro atoms. The van der Waals surface area contributed by atoms with Crippen LogP contribution in [0, 0.1) is 11.3 Å². The van der Waals surface area contributed by atoms with Crippen LogP contribution in [0.5, 0.6) is 0 Å². The zero-order valence-electron chi connectivity index (χ0n) is 8.36. The Kier molecular flexibility index (Phi) is 3.03. The SMILES string of the molecule is N#Cc1ccc(S(=O)(=O)Nc2ncccn2)s1. The van der Waals surface area contributed by atoms with E-state index >= 15 is 0 Å². The third-order valence-electron chi connectivity index (χ3n) is 1.75. The van der Waals surface area contributed by atoms with Crippen molar-refractivity contribution in [1.29, 1.82) is 5.26 Å². The Morgan fingerprint density at radius 1 is 1.29 bits per heavy atom. The van der Waals surface area contributed by atoms with Gasteiger partial charge in [0.05, 0.1) is 0 Å². The summed E-state index contributed by atoms with van der Waals surface area (Å²) in [6.45, 7) is 0. The molecule has 0 radical (unpaired) electrons. The minimum atomic E-state index is -3.71. The van der Waals surface area contributed by atoms with Gasteiger partial charge in [-0.05, 0) is 18.2 Å². The number of rotatable bonds is 3. The summed E-state index contributed by atoms with van der Waals surface area (Å²) in [4.78, 5) is 7.84. The lowest BCUT2D eigenvalue weighted by Crippen LogP contribution is -2.13. The van der Waals surface area contributed by atoms with Crippen molar-refractivity contribution in [2.24, 2.45) is 0 Å². The van der Waals surface area contributed by atoms with Gasteiger partial charge in [-0.2, -0.15) is 5.26 Å². The zero-order valence-corrected chi connectivity index (χ0v) is 9.99. The van der Waals surface area contributed by atoms with Gasteiger partial charge in [-0.25, -0.2) is 23.1 Å². The molecular weight excluding hydrogens is 260 g/mol. The number of nitrogens with one attached hydrogen (secondary N) is 1. The second-order valence-electron chi connectivity index (χ2n) is 2.91. The lowest BCUT2D eigenvalue weighted by atomic mass is 10.5. The molecule has 2 heterocycles. The highest BCUT2D eigenvalue weighted by molar-refractivity contribution is 7.94. The molecular formula is C9H6N4O2S2. The van der Waals surface area contributed by atoms with Crippen molar-refractivity contribution in [3.05, 3.63) is 35.5 Å². The first-order valence-corrected chi connectivity index (χ1v) is 6.71. The molecule has 0 bridgehead atoms. The highest BCUT2D eigenvalue weighted by Crippen LogP contribution is 2.22. The summed E-state index contributed by atoms with van der Waals surface area (Å²) < 4.78 is 26.0. The van der Waals surface area contributed by atoms with Gasteiger partial charge in [0.1, 0.15) is 15.2 Å². The lowest BCUT2D eigenvalue weighted by Gasteiger charge is -2.02. The summed E-state index contributed by atoms with van der Waals surface area (Å²) >= 11 is 0.892. The molecule has 0 aliphatic carbocycles. The summed E-state index contributed by atoms with van der Waals surface area (Å²) in [6, 6.07) is 6.28. The maximum Gasteiger partial charge on any atom is 0.273 e. The van der Waals surface area contributed by atoms with Crippen LogP contribution in [0.25, 0.3) is 0 Å². The molecule has 0 unspecified atom stereocenters. The summed E-state index contributed by atoms with van der Waals surface area (Å²) in [5, 5.41) is 8.63. The van der Waals surface area contributed by atoms with E-state index in [2.05, 4.69) is 14.7 Å². The predicted molar refractivity (Wildman–Crippen MR) is 61.9 cm³/mol. The summed E-state index contributed by atoms with van der Waals surface area (Å²) in [7, 11) is -3.71. The molecule has 0 aromatic carbocycles. The fourth-order valence-corrected chi connectivity index (χ4v) is 3.11. The Labute approximate surface area is 102 Å². The third-order valence-corrected chi connectivity index (χ3v) is 4.56. The van der Waals surface area contributed by atoms with E-state index in [1.54, 1.807) is 6.07 Å². The molecule has 6 nitrogen and oxygen atoms in total. The van der Waals surface area contributed by atoms with Gasteiger partial charge in [-0.3, -0.25) is 0 Å². The molecule has 0 saturated carbocycles. The summed E-state index contributed by atoms with van der Waals surface area (Å²) in [5.74, 6) is -0.000548. The molecule has 8 heteroatoms. The van der Waals surface area contributed by atoms with Gasteiger partial charge >= 0.3 is 0 Å². The molecule has 0 aliphatic rings. The normalized spacial score (nSPS) is 10.8. The van der Waals surface area contributed by atoms with Crippen molar-refractivity contribution in [3.63, 3.8) is 0 Å².